The van der Waals surface area contributed by atoms with Gasteiger partial charge in [0.25, 0.3) is 0 Å². The number of hydrogen-bond acceptors (Lipinski definition) is 38. The Labute approximate surface area is 763 Å². The number of carbonyl (C=O) groups is 19. The fourth-order valence-corrected chi connectivity index (χ4v) is 14.1. The first-order chi connectivity index (χ1) is 62.6. The quantitative estimate of drug-likeness (QED) is 0.0269. The van der Waals surface area contributed by atoms with E-state index >= 15 is 0 Å². The molecule has 4 aliphatic rings. The van der Waals surface area contributed by atoms with E-state index in [0.29, 0.717) is 0 Å². The standard InChI is InChI=1S/C77H125N15O42/c1-26(61(106)83-29(4)68(113)114)82-66(111)39(16-12-14-37(78)70(117)118)89-47(101)20-18-41(72(121)122)92-63(108)28(3)81-65(110)32(7)127-60-52(88-36(11)100)77(131-46(25-96)58(60)134-75-49(85-33(8)97)54(104)53(103)43(22-93)129-75)132-56-44(23-94)130-76(50(55(56)105)86-34(9)98)133-57-45(24-95)128-74(125)51(87-35(10)99)59(57)126-31(6)64(109)80-27(2)62(107)91-42(73(123)124)19-21-48(102)90-40(17-13-15-38(79)71(119)120)67(112)84-30(5)69(115)116/h26-32,37-46,49-60,74-77,93-96,103-105,125H,12-25,78-79H2,1-11H3,(H,80,109)(H,81,110)(H,82,111)(H,83,106)(H,84,112)(H,85,97)(H,86,98)(H,87,99)(H,88,100)(H,89,101)(H,90,102)(H,91,107)(H,92,108)(H,113,114)(H,115,116)(H,117,118)(H,119,120)(H,121,122)(H,123,124). The molecule has 13 amide bonds. The maximum absolute atomic E-state index is 14.5. The zero-order valence-electron chi connectivity index (χ0n) is 74.8. The monoisotopic (exact) mass is 1930 g/mol. The highest BCUT2D eigenvalue weighted by atomic mass is 16.8. The van der Waals surface area contributed by atoms with Crippen LogP contribution in [-0.2, 0) is 134 Å². The van der Waals surface area contributed by atoms with Gasteiger partial charge in [-0.25, -0.2) is 9.59 Å². The highest BCUT2D eigenvalue weighted by Gasteiger charge is 2.58. The molecule has 0 aromatic heterocycles. The number of carboxylic acids is 6. The molecule has 0 saturated carbocycles. The van der Waals surface area contributed by atoms with Gasteiger partial charge in [0.05, 0.1) is 26.4 Å². The van der Waals surface area contributed by atoms with Crippen LogP contribution in [0.15, 0.2) is 0 Å². The summed E-state index contributed by atoms with van der Waals surface area (Å²) in [7, 11) is 0. The molecule has 33 unspecified atom stereocenters. The number of rotatable bonds is 54. The molecule has 0 radical (unpaired) electrons. The average molecular weight is 1930 g/mol. The number of ether oxygens (including phenoxy) is 9. The van der Waals surface area contributed by atoms with E-state index in [9.17, 15) is 163 Å². The first-order valence-electron chi connectivity index (χ1n) is 42.3. The van der Waals surface area contributed by atoms with Crippen LogP contribution >= 0.6 is 0 Å². The lowest BCUT2D eigenvalue weighted by atomic mass is 9.92. The van der Waals surface area contributed by atoms with Gasteiger partial charge < -0.3 is 195 Å². The number of aliphatic hydroxyl groups excluding tert-OH is 8. The molecule has 4 saturated heterocycles. The van der Waals surface area contributed by atoms with Crippen LogP contribution in [0.1, 0.15) is 140 Å². The highest BCUT2D eigenvalue weighted by molar-refractivity contribution is 5.95. The molecule has 0 aromatic rings. The fraction of sp³-hybridized carbons (Fsp3) is 0.753. The summed E-state index contributed by atoms with van der Waals surface area (Å²) >= 11 is 0. The van der Waals surface area contributed by atoms with Gasteiger partial charge in [0.1, 0.15) is 176 Å². The third-order valence-electron chi connectivity index (χ3n) is 21.4. The predicted molar refractivity (Wildman–Crippen MR) is 441 cm³/mol. The number of hydrogen-bond donors (Lipinski definition) is 29. The van der Waals surface area contributed by atoms with Gasteiger partial charge in [-0.15, -0.1) is 0 Å². The Hall–Kier alpha value is -10.8. The molecule has 57 nitrogen and oxygen atoms in total. The van der Waals surface area contributed by atoms with E-state index < -0.39 is 366 Å². The second kappa shape index (κ2) is 54.6. The molecule has 134 heavy (non-hydrogen) atoms. The summed E-state index contributed by atoms with van der Waals surface area (Å²) in [6.07, 6.45) is -40.4. The Bertz CT molecular complexity index is 4070. The number of aliphatic hydroxyl groups is 8. The summed E-state index contributed by atoms with van der Waals surface area (Å²) in [4.78, 5) is 245. The van der Waals surface area contributed by atoms with Crippen LogP contribution < -0.4 is 80.6 Å². The third-order valence-corrected chi connectivity index (χ3v) is 21.4. The number of carbonyl (C=O) groups excluding carboxylic acids is 13. The topological polar surface area (TPSA) is 899 Å². The summed E-state index contributed by atoms with van der Waals surface area (Å²) in [5, 5.41) is 177. The molecular weight excluding hydrogens is 1810 g/mol. The largest absolute Gasteiger partial charge is 0.480 e. The Morgan fingerprint density at radius 2 is 0.612 bits per heavy atom. The average Bonchev–Trinajstić information content (AvgIpc) is 0.757. The van der Waals surface area contributed by atoms with Gasteiger partial charge in [-0.2, -0.15) is 0 Å². The van der Waals surface area contributed by atoms with Crippen molar-refractivity contribution in [3.63, 3.8) is 0 Å². The third kappa shape index (κ3) is 35.1. The molecule has 760 valence electrons. The van der Waals surface area contributed by atoms with Crippen molar-refractivity contribution in [1.29, 1.82) is 0 Å². The lowest BCUT2D eigenvalue weighted by Crippen LogP contribution is -2.72. The molecule has 0 aliphatic carbocycles. The SMILES string of the molecule is CC(=O)NC1C(OC2C(CO)OC(OC3C(CO)OC(OC4C(CO)OC(O)C(NC(C)=O)C4OC(C)C(=O)NC(C)C(=O)NC(CCC(=O)NC(CCCC(N)C(=O)O)C(=O)NC(C)C(=O)O)C(=O)O)C(NC(C)=O)C3O)C(NC(C)=O)C2OC(C)C(=O)NC(C)C(=O)NC(CCC(=O)NC(CCCC(N)C(=O)O)C(=O)NC(C)C(=O)NC(C)C(=O)O)C(=O)O)OC(CO)C(O)C1O. The zero-order chi connectivity index (χ0) is 101. The van der Waals surface area contributed by atoms with Crippen molar-refractivity contribution in [2.24, 2.45) is 11.5 Å². The minimum absolute atomic E-state index is 0.0723. The van der Waals surface area contributed by atoms with E-state index in [0.717, 1.165) is 69.2 Å². The lowest BCUT2D eigenvalue weighted by molar-refractivity contribution is -0.365. The summed E-state index contributed by atoms with van der Waals surface area (Å²) in [5.74, 6) is -22.8. The number of aliphatic carboxylic acids is 6. The maximum atomic E-state index is 14.5. The van der Waals surface area contributed by atoms with E-state index in [1.165, 1.54) is 6.92 Å². The summed E-state index contributed by atoms with van der Waals surface area (Å²) in [6, 6.07) is -25.0. The number of carboxylic acid groups (broad SMARTS) is 6. The first-order valence-corrected chi connectivity index (χ1v) is 42.3. The first kappa shape index (κ1) is 115. The van der Waals surface area contributed by atoms with Gasteiger partial charge in [0.15, 0.2) is 25.2 Å². The van der Waals surface area contributed by atoms with Crippen molar-refractivity contribution in [2.75, 3.05) is 26.4 Å². The van der Waals surface area contributed by atoms with Crippen molar-refractivity contribution < 1.29 is 205 Å². The van der Waals surface area contributed by atoms with E-state index in [2.05, 4.69) is 69.1 Å². The van der Waals surface area contributed by atoms with Gasteiger partial charge in [0.2, 0.25) is 76.8 Å². The second-order valence-electron chi connectivity index (χ2n) is 32.3. The Kier molecular flexibility index (Phi) is 47.1. The van der Waals surface area contributed by atoms with Crippen LogP contribution in [-0.4, -0.2) is 412 Å². The summed E-state index contributed by atoms with van der Waals surface area (Å²) in [5.41, 5.74) is 11.2. The molecule has 33 atom stereocenters. The lowest BCUT2D eigenvalue weighted by Gasteiger charge is -2.52. The molecule has 0 aromatic carbocycles. The van der Waals surface area contributed by atoms with E-state index in [1.54, 1.807) is 0 Å². The molecule has 4 rings (SSSR count). The maximum Gasteiger partial charge on any atom is 0.326 e. The van der Waals surface area contributed by atoms with Crippen molar-refractivity contribution in [1.82, 2.24) is 69.1 Å². The van der Waals surface area contributed by atoms with Crippen molar-refractivity contribution in [2.45, 2.75) is 342 Å². The molecule has 0 spiro atoms. The van der Waals surface area contributed by atoms with Crippen molar-refractivity contribution in [3.05, 3.63) is 0 Å². The number of nitrogens with one attached hydrogen (secondary N) is 13. The molecular formula is C77H125N15O42. The highest BCUT2D eigenvalue weighted by Crippen LogP contribution is 2.37. The van der Waals surface area contributed by atoms with Crippen LogP contribution in [0, 0.1) is 0 Å². The van der Waals surface area contributed by atoms with Crippen LogP contribution in [0.5, 0.6) is 0 Å². The minimum Gasteiger partial charge on any atom is -0.480 e. The molecule has 4 aliphatic heterocycles. The van der Waals surface area contributed by atoms with Crippen molar-refractivity contribution >= 4 is 113 Å². The van der Waals surface area contributed by atoms with Gasteiger partial charge in [-0.05, 0) is 99.8 Å². The van der Waals surface area contributed by atoms with Crippen LogP contribution in [0.4, 0.5) is 0 Å². The smallest absolute Gasteiger partial charge is 0.326 e. The molecule has 0 bridgehead atoms. The van der Waals surface area contributed by atoms with E-state index in [4.69, 9.17) is 54.1 Å². The molecule has 4 heterocycles. The molecule has 31 N–H and O–H groups in total. The van der Waals surface area contributed by atoms with Crippen molar-refractivity contribution in [3.8, 4) is 0 Å². The molecule has 4 fully saturated rings. The van der Waals surface area contributed by atoms with Crippen LogP contribution in [0.3, 0.4) is 0 Å². The Balaban J connectivity index is 1.69. The summed E-state index contributed by atoms with van der Waals surface area (Å²) < 4.78 is 55.6. The second-order valence-corrected chi connectivity index (χ2v) is 32.3. The van der Waals surface area contributed by atoms with Gasteiger partial charge >= 0.3 is 35.8 Å². The normalized spacial score (nSPS) is 27.9. The van der Waals surface area contributed by atoms with Crippen LogP contribution in [0.2, 0.25) is 0 Å². The minimum atomic E-state index is -2.31. The fourth-order valence-electron chi connectivity index (χ4n) is 14.1. The van der Waals surface area contributed by atoms with Gasteiger partial charge in [0, 0.05) is 40.5 Å². The number of nitrogens with two attached hydrogens (primary N) is 2. The Morgan fingerprint density at radius 1 is 0.306 bits per heavy atom. The van der Waals surface area contributed by atoms with E-state index in [-0.39, 0.29) is 38.5 Å². The number of amides is 13. The predicted octanol–water partition coefficient (Wildman–Crippen LogP) is -13.8. The zero-order valence-corrected chi connectivity index (χ0v) is 74.8. The summed E-state index contributed by atoms with van der Waals surface area (Å²) in [6.45, 7) is 6.74. The Morgan fingerprint density at radius 3 is 0.978 bits per heavy atom. The van der Waals surface area contributed by atoms with E-state index in [1.807, 2.05) is 0 Å². The molecule has 57 heteroatoms. The van der Waals surface area contributed by atoms with Gasteiger partial charge in [-0.3, -0.25) is 81.5 Å². The van der Waals surface area contributed by atoms with Crippen LogP contribution in [0.25, 0.3) is 0 Å². The van der Waals surface area contributed by atoms with Gasteiger partial charge in [-0.1, -0.05) is 0 Å².